The van der Waals surface area contributed by atoms with Gasteiger partial charge in [-0.1, -0.05) is 6.07 Å². The first-order chi connectivity index (χ1) is 8.61. The molecule has 0 aliphatic heterocycles. The van der Waals surface area contributed by atoms with E-state index in [1.54, 1.807) is 24.3 Å². The van der Waals surface area contributed by atoms with Crippen LogP contribution in [0.4, 0.5) is 10.1 Å². The number of hydrogen-bond donors (Lipinski definition) is 1. The van der Waals surface area contributed by atoms with Crippen molar-refractivity contribution in [3.63, 3.8) is 0 Å². The maximum absolute atomic E-state index is 13.4. The third-order valence-corrected chi connectivity index (χ3v) is 2.88. The number of nitrogen functional groups attached to an aromatic ring is 1. The maximum Gasteiger partial charge on any atom is 0.148 e. The topological polar surface area (TPSA) is 59.0 Å². The van der Waals surface area contributed by atoms with Crippen LogP contribution in [0, 0.1) is 17.1 Å². The van der Waals surface area contributed by atoms with Crippen LogP contribution in [0.2, 0.25) is 0 Å². The normalized spacial score (nSPS) is 9.83. The van der Waals surface area contributed by atoms with Crippen LogP contribution in [0.1, 0.15) is 5.56 Å². The van der Waals surface area contributed by atoms with Gasteiger partial charge in [-0.25, -0.2) is 4.39 Å². The highest BCUT2D eigenvalue weighted by Crippen LogP contribution is 2.33. The number of benzene rings is 2. The van der Waals surface area contributed by atoms with Gasteiger partial charge < -0.3 is 10.5 Å². The molecule has 2 aromatic carbocycles. The van der Waals surface area contributed by atoms with Crippen molar-refractivity contribution in [1.82, 2.24) is 0 Å². The lowest BCUT2D eigenvalue weighted by atomic mass is 10.2. The smallest absolute Gasteiger partial charge is 0.148 e. The van der Waals surface area contributed by atoms with Gasteiger partial charge >= 0.3 is 0 Å². The molecule has 0 spiro atoms. The van der Waals surface area contributed by atoms with Gasteiger partial charge in [0.05, 0.1) is 4.47 Å². The second kappa shape index (κ2) is 5.07. The molecule has 0 saturated carbocycles. The Morgan fingerprint density at radius 1 is 1.22 bits per heavy atom. The largest absolute Gasteiger partial charge is 0.455 e. The summed E-state index contributed by atoms with van der Waals surface area (Å²) < 4.78 is 19.5. The van der Waals surface area contributed by atoms with E-state index in [2.05, 4.69) is 15.9 Å². The first kappa shape index (κ1) is 12.4. The lowest BCUT2D eigenvalue weighted by Crippen LogP contribution is -1.93. The summed E-state index contributed by atoms with van der Waals surface area (Å²) >= 11 is 3.29. The monoisotopic (exact) mass is 306 g/mol. The first-order valence-corrected chi connectivity index (χ1v) is 5.82. The average Bonchev–Trinajstić information content (AvgIpc) is 2.33. The Balaban J connectivity index is 2.41. The van der Waals surface area contributed by atoms with E-state index in [1.165, 1.54) is 18.2 Å². The van der Waals surface area contributed by atoms with Gasteiger partial charge in [0.1, 0.15) is 28.9 Å². The van der Waals surface area contributed by atoms with Crippen LogP contribution in [-0.2, 0) is 0 Å². The number of nitrogens with two attached hydrogens (primary N) is 1. The Kier molecular flexibility index (Phi) is 3.49. The summed E-state index contributed by atoms with van der Waals surface area (Å²) in [4.78, 5) is 0. The quantitative estimate of drug-likeness (QED) is 0.858. The zero-order chi connectivity index (χ0) is 13.1. The molecule has 0 amide bonds. The zero-order valence-electron chi connectivity index (χ0n) is 9.15. The van der Waals surface area contributed by atoms with E-state index in [9.17, 15) is 4.39 Å². The first-order valence-electron chi connectivity index (χ1n) is 5.03. The molecule has 18 heavy (non-hydrogen) atoms. The van der Waals surface area contributed by atoms with Crippen molar-refractivity contribution < 1.29 is 9.13 Å². The van der Waals surface area contributed by atoms with Gasteiger partial charge in [-0.2, -0.15) is 5.26 Å². The summed E-state index contributed by atoms with van der Waals surface area (Å²) in [6.45, 7) is 0. The van der Waals surface area contributed by atoms with E-state index in [4.69, 9.17) is 15.7 Å². The molecule has 90 valence electrons. The van der Waals surface area contributed by atoms with Crippen molar-refractivity contribution in [1.29, 1.82) is 5.26 Å². The summed E-state index contributed by atoms with van der Waals surface area (Å²) in [5.74, 6) is 0.0239. The van der Waals surface area contributed by atoms with E-state index in [-0.39, 0.29) is 11.3 Å². The van der Waals surface area contributed by atoms with E-state index in [1.807, 2.05) is 0 Å². The number of nitriles is 1. The molecule has 0 heterocycles. The summed E-state index contributed by atoms with van der Waals surface area (Å²) in [5, 5.41) is 8.89. The lowest BCUT2D eigenvalue weighted by molar-refractivity contribution is 0.471. The molecule has 2 N–H and O–H groups in total. The molecule has 2 aromatic rings. The van der Waals surface area contributed by atoms with Crippen LogP contribution in [0.15, 0.2) is 40.9 Å². The second-order valence-corrected chi connectivity index (χ2v) is 4.37. The zero-order valence-corrected chi connectivity index (χ0v) is 10.7. The van der Waals surface area contributed by atoms with Crippen molar-refractivity contribution >= 4 is 21.6 Å². The maximum atomic E-state index is 13.4. The second-order valence-electron chi connectivity index (χ2n) is 3.52. The van der Waals surface area contributed by atoms with Crippen molar-refractivity contribution in [3.05, 3.63) is 52.3 Å². The molecule has 0 bridgehead atoms. The summed E-state index contributed by atoms with van der Waals surface area (Å²) in [6, 6.07) is 11.0. The van der Waals surface area contributed by atoms with Gasteiger partial charge in [-0.05, 0) is 46.3 Å². The Bertz CT molecular complexity index is 637. The SMILES string of the molecule is N#Cc1c(F)cccc1Oc1ccc(N)cc1Br. The number of ether oxygens (including phenoxy) is 1. The number of anilines is 1. The van der Waals surface area contributed by atoms with Crippen LogP contribution < -0.4 is 10.5 Å². The van der Waals surface area contributed by atoms with E-state index >= 15 is 0 Å². The van der Waals surface area contributed by atoms with Crippen molar-refractivity contribution in [2.24, 2.45) is 0 Å². The Morgan fingerprint density at radius 3 is 2.67 bits per heavy atom. The van der Waals surface area contributed by atoms with Crippen LogP contribution >= 0.6 is 15.9 Å². The van der Waals surface area contributed by atoms with Gasteiger partial charge in [0, 0.05) is 5.69 Å². The molecule has 0 saturated heterocycles. The fraction of sp³-hybridized carbons (Fsp3) is 0. The van der Waals surface area contributed by atoms with Gasteiger partial charge in [-0.3, -0.25) is 0 Å². The van der Waals surface area contributed by atoms with Gasteiger partial charge in [0.25, 0.3) is 0 Å². The van der Waals surface area contributed by atoms with Crippen LogP contribution in [0.25, 0.3) is 0 Å². The predicted molar refractivity (Wildman–Crippen MR) is 69.7 cm³/mol. The molecule has 2 rings (SSSR count). The Hall–Kier alpha value is -2.06. The fourth-order valence-electron chi connectivity index (χ4n) is 1.42. The molecule has 0 atom stereocenters. The molecule has 5 heteroatoms. The van der Waals surface area contributed by atoms with Crippen molar-refractivity contribution in [2.45, 2.75) is 0 Å². The Labute approximate surface area is 112 Å². The highest BCUT2D eigenvalue weighted by molar-refractivity contribution is 9.10. The third-order valence-electron chi connectivity index (χ3n) is 2.26. The van der Waals surface area contributed by atoms with Crippen molar-refractivity contribution in [2.75, 3.05) is 5.73 Å². The number of halogens is 2. The van der Waals surface area contributed by atoms with Crippen LogP contribution in [0.3, 0.4) is 0 Å². The van der Waals surface area contributed by atoms with E-state index in [0.717, 1.165) is 0 Å². The Morgan fingerprint density at radius 2 is 2.00 bits per heavy atom. The van der Waals surface area contributed by atoms with Gasteiger partial charge in [0.2, 0.25) is 0 Å². The minimum absolute atomic E-state index is 0.124. The van der Waals surface area contributed by atoms with Crippen LogP contribution in [-0.4, -0.2) is 0 Å². The molecule has 3 nitrogen and oxygen atoms in total. The minimum atomic E-state index is -0.610. The molecule has 0 fully saturated rings. The standard InChI is InChI=1S/C13H8BrFN2O/c14-10-6-8(17)4-5-13(10)18-12-3-1-2-11(15)9(12)7-16/h1-6H,17H2. The summed E-state index contributed by atoms with van der Waals surface area (Å²) in [7, 11) is 0. The summed E-state index contributed by atoms with van der Waals surface area (Å²) in [5.41, 5.74) is 6.06. The number of nitrogens with zero attached hydrogens (tertiary/aromatic N) is 1. The number of hydrogen-bond acceptors (Lipinski definition) is 3. The molecule has 0 aliphatic carbocycles. The van der Waals surface area contributed by atoms with Crippen molar-refractivity contribution in [3.8, 4) is 17.6 Å². The molecule has 0 unspecified atom stereocenters. The molecular weight excluding hydrogens is 299 g/mol. The highest BCUT2D eigenvalue weighted by atomic mass is 79.9. The number of rotatable bonds is 2. The van der Waals surface area contributed by atoms with E-state index in [0.29, 0.717) is 15.9 Å². The fourth-order valence-corrected chi connectivity index (χ4v) is 1.89. The molecule has 0 aromatic heterocycles. The van der Waals surface area contributed by atoms with Crippen LogP contribution in [0.5, 0.6) is 11.5 Å². The molecule has 0 radical (unpaired) electrons. The highest BCUT2D eigenvalue weighted by Gasteiger charge is 2.11. The van der Waals surface area contributed by atoms with Gasteiger partial charge in [-0.15, -0.1) is 0 Å². The lowest BCUT2D eigenvalue weighted by Gasteiger charge is -2.09. The van der Waals surface area contributed by atoms with Gasteiger partial charge in [0.15, 0.2) is 0 Å². The summed E-state index contributed by atoms with van der Waals surface area (Å²) in [6.07, 6.45) is 0. The minimum Gasteiger partial charge on any atom is -0.455 e. The average molecular weight is 307 g/mol. The molecular formula is C13H8BrFN2O. The predicted octanol–water partition coefficient (Wildman–Crippen LogP) is 3.83. The molecule has 0 aliphatic rings. The third kappa shape index (κ3) is 2.44. The van der Waals surface area contributed by atoms with E-state index < -0.39 is 5.82 Å².